The summed E-state index contributed by atoms with van der Waals surface area (Å²) in [7, 11) is 0. The van der Waals surface area contributed by atoms with Crippen LogP contribution in [0.2, 0.25) is 0 Å². The first kappa shape index (κ1) is 18.4. The molecule has 0 spiro atoms. The normalized spacial score (nSPS) is 10.6. The van der Waals surface area contributed by atoms with Gasteiger partial charge in [-0.1, -0.05) is 24.3 Å². The Kier molecular flexibility index (Phi) is 5.17. The Morgan fingerprint density at radius 2 is 0.923 bits per heavy atom. The minimum Gasteiger partial charge on any atom is -0.478 e. The molecule has 0 aromatic heterocycles. The third-order valence-corrected chi connectivity index (χ3v) is 3.50. The van der Waals surface area contributed by atoms with E-state index in [1.54, 1.807) is 0 Å². The molecule has 0 aliphatic carbocycles. The monoisotopic (exact) mass is 356 g/mol. The van der Waals surface area contributed by atoms with Crippen LogP contribution < -0.4 is 0 Å². The number of aromatic carboxylic acids is 4. The van der Waals surface area contributed by atoms with Crippen molar-refractivity contribution in [2.75, 3.05) is 0 Å². The van der Waals surface area contributed by atoms with E-state index in [1.807, 2.05) is 0 Å². The van der Waals surface area contributed by atoms with Gasteiger partial charge in [0.1, 0.15) is 0 Å². The van der Waals surface area contributed by atoms with Crippen LogP contribution in [0.15, 0.2) is 36.4 Å². The third-order valence-electron chi connectivity index (χ3n) is 3.50. The van der Waals surface area contributed by atoms with Gasteiger partial charge in [-0.2, -0.15) is 0 Å². The van der Waals surface area contributed by atoms with E-state index in [2.05, 4.69) is 0 Å². The van der Waals surface area contributed by atoms with E-state index in [-0.39, 0.29) is 33.4 Å². The topological polar surface area (TPSA) is 149 Å². The molecule has 0 unspecified atom stereocenters. The average Bonchev–Trinajstić information content (AvgIpc) is 2.59. The molecule has 0 amide bonds. The number of rotatable bonds is 6. The molecule has 26 heavy (non-hydrogen) atoms. The molecule has 0 bridgehead atoms. The summed E-state index contributed by atoms with van der Waals surface area (Å²) in [6.07, 6.45) is 2.63. The van der Waals surface area contributed by atoms with Crippen molar-refractivity contribution in [2.24, 2.45) is 0 Å². The van der Waals surface area contributed by atoms with Crippen molar-refractivity contribution < 1.29 is 39.6 Å². The number of hydrogen-bond acceptors (Lipinski definition) is 4. The summed E-state index contributed by atoms with van der Waals surface area (Å²) in [5.74, 6) is -5.24. The summed E-state index contributed by atoms with van der Waals surface area (Å²) in [6.45, 7) is 0. The summed E-state index contributed by atoms with van der Waals surface area (Å²) >= 11 is 0. The first-order chi connectivity index (χ1) is 12.2. The van der Waals surface area contributed by atoms with E-state index in [0.717, 1.165) is 12.1 Å². The Balaban J connectivity index is 2.50. The molecule has 0 aliphatic heterocycles. The van der Waals surface area contributed by atoms with Gasteiger partial charge in [0.05, 0.1) is 22.3 Å². The predicted molar refractivity (Wildman–Crippen MR) is 89.6 cm³/mol. The standard InChI is InChI=1S/C18H12O8/c19-15(20)11-5-3-9(13(7-11)17(23)24)1-2-10-4-6-12(16(21)22)8-14(10)18(25)26/h1-8H,(H,19,20)(H,21,22)(H,23,24)(H,25,26). The van der Waals surface area contributed by atoms with Crippen molar-refractivity contribution in [3.63, 3.8) is 0 Å². The van der Waals surface area contributed by atoms with Gasteiger partial charge < -0.3 is 20.4 Å². The zero-order valence-electron chi connectivity index (χ0n) is 13.0. The summed E-state index contributed by atoms with van der Waals surface area (Å²) in [5.41, 5.74) is -0.587. The van der Waals surface area contributed by atoms with Crippen LogP contribution in [0.5, 0.6) is 0 Å². The van der Waals surface area contributed by atoms with Crippen LogP contribution in [-0.2, 0) is 0 Å². The van der Waals surface area contributed by atoms with Gasteiger partial charge in [-0.05, 0) is 35.4 Å². The van der Waals surface area contributed by atoms with Crippen LogP contribution in [-0.4, -0.2) is 44.3 Å². The Labute approximate surface area is 146 Å². The van der Waals surface area contributed by atoms with Gasteiger partial charge in [0.25, 0.3) is 0 Å². The molecule has 0 radical (unpaired) electrons. The molecule has 2 rings (SSSR count). The number of hydrogen-bond donors (Lipinski definition) is 4. The quantitative estimate of drug-likeness (QED) is 0.577. The number of benzene rings is 2. The lowest BCUT2D eigenvalue weighted by atomic mass is 10.00. The number of carbonyl (C=O) groups is 4. The number of carboxylic acids is 4. The fourth-order valence-corrected chi connectivity index (χ4v) is 2.22. The van der Waals surface area contributed by atoms with Gasteiger partial charge in [-0.25, -0.2) is 19.2 Å². The van der Waals surface area contributed by atoms with Gasteiger partial charge >= 0.3 is 23.9 Å². The van der Waals surface area contributed by atoms with Crippen molar-refractivity contribution >= 4 is 36.0 Å². The van der Waals surface area contributed by atoms with Crippen LogP contribution in [0.3, 0.4) is 0 Å². The van der Waals surface area contributed by atoms with Gasteiger partial charge in [-0.15, -0.1) is 0 Å². The van der Waals surface area contributed by atoms with E-state index in [4.69, 9.17) is 10.2 Å². The van der Waals surface area contributed by atoms with E-state index in [1.165, 1.54) is 36.4 Å². The predicted octanol–water partition coefficient (Wildman–Crippen LogP) is 2.65. The summed E-state index contributed by atoms with van der Waals surface area (Å²) in [6, 6.07) is 7.01. The highest BCUT2D eigenvalue weighted by Crippen LogP contribution is 2.19. The molecule has 0 saturated heterocycles. The summed E-state index contributed by atoms with van der Waals surface area (Å²) in [4.78, 5) is 44.5. The zero-order chi connectivity index (χ0) is 19.4. The summed E-state index contributed by atoms with van der Waals surface area (Å²) < 4.78 is 0. The first-order valence-electron chi connectivity index (χ1n) is 7.10. The average molecular weight is 356 g/mol. The SMILES string of the molecule is O=C(O)c1ccc(C=Cc2ccc(C(=O)O)cc2C(=O)O)c(C(=O)O)c1. The van der Waals surface area contributed by atoms with Gasteiger partial charge in [-0.3, -0.25) is 0 Å². The maximum absolute atomic E-state index is 11.3. The van der Waals surface area contributed by atoms with E-state index in [0.29, 0.717) is 0 Å². The molecule has 2 aromatic rings. The lowest BCUT2D eigenvalue weighted by Gasteiger charge is -2.05. The van der Waals surface area contributed by atoms with Crippen LogP contribution in [0.25, 0.3) is 12.2 Å². The Morgan fingerprint density at radius 3 is 1.19 bits per heavy atom. The first-order valence-corrected chi connectivity index (χ1v) is 7.10. The van der Waals surface area contributed by atoms with Crippen LogP contribution in [0.1, 0.15) is 52.6 Å². The molecule has 4 N–H and O–H groups in total. The molecule has 8 nitrogen and oxygen atoms in total. The van der Waals surface area contributed by atoms with Gasteiger partial charge in [0.2, 0.25) is 0 Å². The minimum absolute atomic E-state index is 0.168. The van der Waals surface area contributed by atoms with Crippen molar-refractivity contribution in [3.8, 4) is 0 Å². The van der Waals surface area contributed by atoms with Crippen molar-refractivity contribution in [2.45, 2.75) is 0 Å². The highest BCUT2D eigenvalue weighted by Gasteiger charge is 2.14. The maximum Gasteiger partial charge on any atom is 0.336 e. The molecule has 0 atom stereocenters. The van der Waals surface area contributed by atoms with Crippen LogP contribution in [0, 0.1) is 0 Å². The van der Waals surface area contributed by atoms with Gasteiger partial charge in [0.15, 0.2) is 0 Å². The minimum atomic E-state index is -1.34. The van der Waals surface area contributed by atoms with Crippen molar-refractivity contribution in [1.29, 1.82) is 0 Å². The highest BCUT2D eigenvalue weighted by atomic mass is 16.4. The molecule has 0 heterocycles. The largest absolute Gasteiger partial charge is 0.478 e. The third kappa shape index (κ3) is 3.93. The smallest absolute Gasteiger partial charge is 0.336 e. The zero-order valence-corrected chi connectivity index (χ0v) is 13.0. The van der Waals surface area contributed by atoms with Crippen molar-refractivity contribution in [3.05, 3.63) is 69.8 Å². The second-order valence-corrected chi connectivity index (χ2v) is 5.16. The van der Waals surface area contributed by atoms with Crippen molar-refractivity contribution in [1.82, 2.24) is 0 Å². The molecule has 8 heteroatoms. The molecule has 132 valence electrons. The fraction of sp³-hybridized carbons (Fsp3) is 0. The Bertz CT molecular complexity index is 878. The molecule has 0 fully saturated rings. The highest BCUT2D eigenvalue weighted by molar-refractivity contribution is 6.00. The second-order valence-electron chi connectivity index (χ2n) is 5.16. The van der Waals surface area contributed by atoms with E-state index in [9.17, 15) is 29.4 Å². The second kappa shape index (κ2) is 7.31. The van der Waals surface area contributed by atoms with Gasteiger partial charge in [0, 0.05) is 0 Å². The molecule has 2 aromatic carbocycles. The molecular weight excluding hydrogens is 344 g/mol. The Morgan fingerprint density at radius 1 is 0.577 bits per heavy atom. The maximum atomic E-state index is 11.3. The Hall–Kier alpha value is -3.94. The van der Waals surface area contributed by atoms with E-state index < -0.39 is 23.9 Å². The summed E-state index contributed by atoms with van der Waals surface area (Å²) in [5, 5.41) is 36.3. The number of carboxylic acid groups (broad SMARTS) is 4. The van der Waals surface area contributed by atoms with E-state index >= 15 is 0 Å². The molecular formula is C18H12O8. The molecule has 0 aliphatic rings. The van der Waals surface area contributed by atoms with Crippen LogP contribution >= 0.6 is 0 Å². The fourth-order valence-electron chi connectivity index (χ4n) is 2.22. The molecule has 0 saturated carbocycles. The lowest BCUT2D eigenvalue weighted by molar-refractivity contribution is 0.0676. The lowest BCUT2D eigenvalue weighted by Crippen LogP contribution is -2.05. The van der Waals surface area contributed by atoms with Crippen LogP contribution in [0.4, 0.5) is 0 Å².